The monoisotopic (exact) mass is 233 g/mol. The van der Waals surface area contributed by atoms with Crippen molar-refractivity contribution in [3.05, 3.63) is 18.0 Å². The lowest BCUT2D eigenvalue weighted by atomic mass is 10.1. The first kappa shape index (κ1) is 13.2. The molecule has 0 aliphatic rings. The molecule has 1 aromatic rings. The summed E-state index contributed by atoms with van der Waals surface area (Å²) in [5.74, 6) is 2.32. The molecule has 0 atom stereocenters. The highest BCUT2D eigenvalue weighted by Crippen LogP contribution is 2.17. The fourth-order valence-corrected chi connectivity index (χ4v) is 1.49. The summed E-state index contributed by atoms with van der Waals surface area (Å²) in [6, 6.07) is 1.82. The molecule has 0 spiro atoms. The summed E-state index contributed by atoms with van der Waals surface area (Å²) in [6.07, 6.45) is 7.09. The van der Waals surface area contributed by atoms with Gasteiger partial charge in [0, 0.05) is 12.2 Å². The van der Waals surface area contributed by atoms with Gasteiger partial charge in [0.25, 0.3) is 5.91 Å². The van der Waals surface area contributed by atoms with E-state index in [1.54, 1.807) is 26.1 Å². The maximum Gasteiger partial charge on any atom is 0.269 e. The summed E-state index contributed by atoms with van der Waals surface area (Å²) in [6.45, 7) is 7.53. The summed E-state index contributed by atoms with van der Waals surface area (Å²) >= 11 is 0. The zero-order valence-electron chi connectivity index (χ0n) is 10.7. The third kappa shape index (κ3) is 3.04. The van der Waals surface area contributed by atoms with Crippen LogP contribution in [0.5, 0.6) is 0 Å². The fourth-order valence-electron chi connectivity index (χ4n) is 1.49. The van der Waals surface area contributed by atoms with Crippen LogP contribution in [0.25, 0.3) is 0 Å². The molecule has 0 aromatic carbocycles. The molecule has 0 aliphatic heterocycles. The van der Waals surface area contributed by atoms with Gasteiger partial charge in [-0.2, -0.15) is 0 Å². The summed E-state index contributed by atoms with van der Waals surface area (Å²) in [7, 11) is 0. The second kappa shape index (κ2) is 4.54. The minimum absolute atomic E-state index is 0.169. The van der Waals surface area contributed by atoms with Crippen molar-refractivity contribution in [2.24, 2.45) is 0 Å². The average molecular weight is 233 g/mol. The van der Waals surface area contributed by atoms with Gasteiger partial charge in [-0.1, -0.05) is 5.92 Å². The predicted molar refractivity (Wildman–Crippen MR) is 69.6 cm³/mol. The number of hydrogen-bond donors (Lipinski definition) is 2. The number of nitrogens with zero attached hydrogens (tertiary/aromatic N) is 1. The van der Waals surface area contributed by atoms with Gasteiger partial charge >= 0.3 is 0 Å². The molecule has 3 N–H and O–H groups in total. The number of amides is 1. The van der Waals surface area contributed by atoms with E-state index in [9.17, 15) is 4.79 Å². The van der Waals surface area contributed by atoms with Gasteiger partial charge in [0.05, 0.1) is 11.2 Å². The van der Waals surface area contributed by atoms with E-state index < -0.39 is 5.54 Å². The highest BCUT2D eigenvalue weighted by atomic mass is 16.2. The molecular formula is C13H19N3O. The van der Waals surface area contributed by atoms with Crippen molar-refractivity contribution in [3.63, 3.8) is 0 Å². The van der Waals surface area contributed by atoms with Crippen LogP contribution in [0.4, 0.5) is 5.69 Å². The van der Waals surface area contributed by atoms with E-state index in [1.807, 2.05) is 18.4 Å². The zero-order chi connectivity index (χ0) is 13.2. The molecule has 0 bridgehead atoms. The highest BCUT2D eigenvalue weighted by molar-refractivity contribution is 5.94. The minimum Gasteiger partial charge on any atom is -0.397 e. The number of terminal acetylenes is 1. The fraction of sp³-hybridized carbons (Fsp3) is 0.462. The van der Waals surface area contributed by atoms with Crippen LogP contribution in [-0.4, -0.2) is 16.0 Å². The number of carbonyl (C=O) groups is 1. The minimum atomic E-state index is -0.669. The van der Waals surface area contributed by atoms with E-state index in [4.69, 9.17) is 12.2 Å². The lowest BCUT2D eigenvalue weighted by Crippen LogP contribution is -2.42. The molecule has 1 rings (SSSR count). The topological polar surface area (TPSA) is 60.1 Å². The molecule has 0 radical (unpaired) electrons. The molecule has 4 heteroatoms. The molecule has 92 valence electrons. The maximum atomic E-state index is 12.1. The van der Waals surface area contributed by atoms with Crippen molar-refractivity contribution in [1.82, 2.24) is 9.88 Å². The van der Waals surface area contributed by atoms with Crippen molar-refractivity contribution in [2.75, 3.05) is 5.73 Å². The van der Waals surface area contributed by atoms with E-state index in [0.29, 0.717) is 11.4 Å². The van der Waals surface area contributed by atoms with Crippen LogP contribution in [0, 0.1) is 12.3 Å². The van der Waals surface area contributed by atoms with Gasteiger partial charge in [-0.3, -0.25) is 4.79 Å². The number of anilines is 1. The van der Waals surface area contributed by atoms with Crippen LogP contribution >= 0.6 is 0 Å². The van der Waals surface area contributed by atoms with E-state index in [1.165, 1.54) is 0 Å². The largest absolute Gasteiger partial charge is 0.397 e. The summed E-state index contributed by atoms with van der Waals surface area (Å²) < 4.78 is 1.83. The third-order valence-electron chi connectivity index (χ3n) is 2.45. The number of aromatic nitrogens is 1. The quantitative estimate of drug-likeness (QED) is 0.782. The Labute approximate surface area is 102 Å². The van der Waals surface area contributed by atoms with Crippen LogP contribution in [0.1, 0.15) is 44.2 Å². The molecule has 0 aliphatic carbocycles. The maximum absolute atomic E-state index is 12.1. The second-order valence-electron chi connectivity index (χ2n) is 4.88. The summed E-state index contributed by atoms with van der Waals surface area (Å²) in [4.78, 5) is 12.1. The van der Waals surface area contributed by atoms with Crippen molar-refractivity contribution in [2.45, 2.75) is 39.3 Å². The number of rotatable bonds is 3. The number of hydrogen-bond acceptors (Lipinski definition) is 2. The van der Waals surface area contributed by atoms with Crippen LogP contribution in [0.3, 0.4) is 0 Å². The Hall–Kier alpha value is -1.89. The summed E-state index contributed by atoms with van der Waals surface area (Å²) in [5.41, 5.74) is 6.14. The Morgan fingerprint density at radius 3 is 2.65 bits per heavy atom. The van der Waals surface area contributed by atoms with Gasteiger partial charge in [0.1, 0.15) is 5.69 Å². The first-order valence-electron chi connectivity index (χ1n) is 5.54. The van der Waals surface area contributed by atoms with Crippen LogP contribution in [0.15, 0.2) is 12.3 Å². The number of carbonyl (C=O) groups excluding carboxylic acids is 1. The molecule has 1 aromatic heterocycles. The Kier molecular flexibility index (Phi) is 3.52. The van der Waals surface area contributed by atoms with Crippen LogP contribution in [-0.2, 0) is 0 Å². The van der Waals surface area contributed by atoms with Gasteiger partial charge in [0.2, 0.25) is 0 Å². The predicted octanol–water partition coefficient (Wildman–Crippen LogP) is 1.79. The number of nitrogens with two attached hydrogens (primary N) is 1. The normalized spacial score (nSPS) is 11.3. The smallest absolute Gasteiger partial charge is 0.269 e. The Morgan fingerprint density at radius 1 is 1.59 bits per heavy atom. The molecule has 0 saturated heterocycles. The SMILES string of the molecule is C#CC(C)(C)NC(=O)c1cc(N)cn1C(C)C. The van der Waals surface area contributed by atoms with Crippen LogP contribution in [0.2, 0.25) is 0 Å². The molecule has 0 unspecified atom stereocenters. The molecule has 0 saturated carbocycles. The lowest BCUT2D eigenvalue weighted by molar-refractivity contribution is 0.0919. The van der Waals surface area contributed by atoms with Crippen molar-refractivity contribution >= 4 is 11.6 Å². The van der Waals surface area contributed by atoms with E-state index in [-0.39, 0.29) is 11.9 Å². The van der Waals surface area contributed by atoms with E-state index >= 15 is 0 Å². The van der Waals surface area contributed by atoms with Gasteiger partial charge in [-0.15, -0.1) is 6.42 Å². The third-order valence-corrected chi connectivity index (χ3v) is 2.45. The Morgan fingerprint density at radius 2 is 2.18 bits per heavy atom. The van der Waals surface area contributed by atoms with Crippen molar-refractivity contribution < 1.29 is 4.79 Å². The van der Waals surface area contributed by atoms with Gasteiger partial charge < -0.3 is 15.6 Å². The van der Waals surface area contributed by atoms with Gasteiger partial charge in [-0.25, -0.2) is 0 Å². The van der Waals surface area contributed by atoms with E-state index in [2.05, 4.69) is 11.2 Å². The Bertz CT molecular complexity index is 463. The Balaban J connectivity index is 3.02. The van der Waals surface area contributed by atoms with Gasteiger partial charge in [0.15, 0.2) is 0 Å². The molecule has 17 heavy (non-hydrogen) atoms. The molecule has 1 heterocycles. The molecule has 1 amide bonds. The zero-order valence-corrected chi connectivity index (χ0v) is 10.7. The summed E-state index contributed by atoms with van der Waals surface area (Å²) in [5, 5.41) is 2.78. The van der Waals surface area contributed by atoms with Crippen molar-refractivity contribution in [1.29, 1.82) is 0 Å². The van der Waals surface area contributed by atoms with E-state index in [0.717, 1.165) is 0 Å². The van der Waals surface area contributed by atoms with Gasteiger partial charge in [-0.05, 0) is 33.8 Å². The molecule has 4 nitrogen and oxygen atoms in total. The first-order valence-corrected chi connectivity index (χ1v) is 5.54. The highest BCUT2D eigenvalue weighted by Gasteiger charge is 2.21. The van der Waals surface area contributed by atoms with Crippen LogP contribution < -0.4 is 11.1 Å². The number of nitrogen functional groups attached to an aromatic ring is 1. The standard InChI is InChI=1S/C13H19N3O/c1-6-13(4,5)15-12(17)11-7-10(14)8-16(11)9(2)3/h1,7-9H,14H2,2-5H3,(H,15,17). The number of nitrogens with one attached hydrogen (secondary N) is 1. The lowest BCUT2D eigenvalue weighted by Gasteiger charge is -2.21. The van der Waals surface area contributed by atoms with Crippen molar-refractivity contribution in [3.8, 4) is 12.3 Å². The molecule has 0 fully saturated rings. The average Bonchev–Trinajstić information content (AvgIpc) is 2.60. The first-order chi connectivity index (χ1) is 7.76. The second-order valence-corrected chi connectivity index (χ2v) is 4.88. The molecular weight excluding hydrogens is 214 g/mol.